The maximum Gasteiger partial charge on any atom is 0.126 e. The minimum Gasteiger partial charge on any atom is -0.239 e. The van der Waals surface area contributed by atoms with Crippen LogP contribution >= 0.6 is 39.1 Å². The normalized spacial score (nSPS) is 10.7. The van der Waals surface area contributed by atoms with E-state index in [2.05, 4.69) is 20.9 Å². The van der Waals surface area contributed by atoms with E-state index >= 15 is 0 Å². The van der Waals surface area contributed by atoms with Crippen LogP contribution in [-0.4, -0.2) is 4.98 Å². The Labute approximate surface area is 93.8 Å². The topological polar surface area (TPSA) is 12.9 Å². The molecule has 0 saturated heterocycles. The Morgan fingerprint density at radius 1 is 1.08 bits per heavy atom. The third-order valence-electron chi connectivity index (χ3n) is 1.73. The van der Waals surface area contributed by atoms with E-state index in [1.54, 1.807) is 0 Å². The average Bonchev–Trinajstić information content (AvgIpc) is 2.15. The van der Waals surface area contributed by atoms with Gasteiger partial charge < -0.3 is 0 Å². The van der Waals surface area contributed by atoms with E-state index in [0.717, 1.165) is 10.9 Å². The zero-order chi connectivity index (χ0) is 9.42. The van der Waals surface area contributed by atoms with Crippen LogP contribution in [0.5, 0.6) is 0 Å². The monoisotopic (exact) mass is 275 g/mol. The fraction of sp³-hybridized carbons (Fsp3) is 0. The molecule has 0 atom stereocenters. The highest BCUT2D eigenvalue weighted by molar-refractivity contribution is 9.10. The molecule has 0 spiro atoms. The summed E-state index contributed by atoms with van der Waals surface area (Å²) in [6, 6.07) is 7.59. The van der Waals surface area contributed by atoms with Crippen molar-refractivity contribution < 1.29 is 0 Å². The lowest BCUT2D eigenvalue weighted by Gasteiger charge is -2.03. The lowest BCUT2D eigenvalue weighted by Crippen LogP contribution is -1.83. The van der Waals surface area contributed by atoms with Crippen LogP contribution in [0.15, 0.2) is 28.9 Å². The van der Waals surface area contributed by atoms with Crippen molar-refractivity contribution in [1.29, 1.82) is 0 Å². The van der Waals surface area contributed by atoms with Crippen molar-refractivity contribution in [2.75, 3.05) is 0 Å². The summed E-state index contributed by atoms with van der Waals surface area (Å²) in [4.78, 5) is 4.24. The molecule has 0 aliphatic rings. The summed E-state index contributed by atoms with van der Waals surface area (Å²) >= 11 is 15.2. The third kappa shape index (κ3) is 1.54. The van der Waals surface area contributed by atoms with E-state index in [-0.39, 0.29) is 0 Å². The standard InChI is InChI=1S/C9H4BrCl2N/c10-9-8(12)7(11)5-3-1-2-4-6(5)13-9/h1-4H. The van der Waals surface area contributed by atoms with Crippen LogP contribution in [0.2, 0.25) is 10.0 Å². The highest BCUT2D eigenvalue weighted by Gasteiger charge is 2.08. The van der Waals surface area contributed by atoms with E-state index in [1.165, 1.54) is 0 Å². The minimum absolute atomic E-state index is 0.459. The lowest BCUT2D eigenvalue weighted by molar-refractivity contribution is 1.35. The molecule has 0 fully saturated rings. The number of aromatic nitrogens is 1. The zero-order valence-electron chi connectivity index (χ0n) is 6.39. The van der Waals surface area contributed by atoms with Crippen LogP contribution in [-0.2, 0) is 0 Å². The second-order valence-electron chi connectivity index (χ2n) is 2.55. The Balaban J connectivity index is 2.94. The maximum atomic E-state index is 6.03. The van der Waals surface area contributed by atoms with Gasteiger partial charge in [0.1, 0.15) is 4.60 Å². The summed E-state index contributed by atoms with van der Waals surface area (Å²) < 4.78 is 0.581. The third-order valence-corrected chi connectivity index (χ3v) is 3.39. The average molecular weight is 277 g/mol. The Morgan fingerprint density at radius 2 is 1.77 bits per heavy atom. The summed E-state index contributed by atoms with van der Waals surface area (Å²) in [5.74, 6) is 0. The van der Waals surface area contributed by atoms with Gasteiger partial charge in [0.05, 0.1) is 15.6 Å². The molecular weight excluding hydrogens is 273 g/mol. The largest absolute Gasteiger partial charge is 0.239 e. The van der Waals surface area contributed by atoms with Crippen LogP contribution in [0, 0.1) is 0 Å². The summed E-state index contributed by atoms with van der Waals surface area (Å²) in [5.41, 5.74) is 0.837. The molecule has 0 N–H and O–H groups in total. The van der Waals surface area contributed by atoms with Gasteiger partial charge in [-0.05, 0) is 22.0 Å². The first-order valence-electron chi connectivity index (χ1n) is 3.59. The van der Waals surface area contributed by atoms with E-state index in [9.17, 15) is 0 Å². The van der Waals surface area contributed by atoms with E-state index in [4.69, 9.17) is 23.2 Å². The molecule has 0 amide bonds. The number of halogens is 3. The molecule has 0 bridgehead atoms. The smallest absolute Gasteiger partial charge is 0.126 e. The highest BCUT2D eigenvalue weighted by atomic mass is 79.9. The van der Waals surface area contributed by atoms with E-state index < -0.39 is 0 Å². The van der Waals surface area contributed by atoms with Crippen molar-refractivity contribution in [3.63, 3.8) is 0 Å². The SMILES string of the molecule is Clc1c(Br)nc2ccccc2c1Cl. The molecule has 2 aromatic rings. The molecule has 0 radical (unpaired) electrons. The first-order chi connectivity index (χ1) is 6.20. The fourth-order valence-electron chi connectivity index (χ4n) is 1.12. The number of para-hydroxylation sites is 1. The number of nitrogens with zero attached hydrogens (tertiary/aromatic N) is 1. The van der Waals surface area contributed by atoms with Crippen molar-refractivity contribution in [3.8, 4) is 0 Å². The minimum atomic E-state index is 0.459. The van der Waals surface area contributed by atoms with Gasteiger partial charge in [0.25, 0.3) is 0 Å². The Hall–Kier alpha value is -0.310. The molecule has 1 nitrogen and oxygen atoms in total. The summed E-state index contributed by atoms with van der Waals surface area (Å²) in [7, 11) is 0. The van der Waals surface area contributed by atoms with Crippen LogP contribution < -0.4 is 0 Å². The first kappa shape index (κ1) is 9.25. The van der Waals surface area contributed by atoms with Gasteiger partial charge in [-0.3, -0.25) is 0 Å². The number of benzene rings is 1. The van der Waals surface area contributed by atoms with Crippen molar-refractivity contribution >= 4 is 50.0 Å². The number of fused-ring (bicyclic) bond motifs is 1. The quantitative estimate of drug-likeness (QED) is 0.654. The summed E-state index contributed by atoms with van der Waals surface area (Å²) in [5, 5.41) is 1.87. The molecule has 1 heterocycles. The first-order valence-corrected chi connectivity index (χ1v) is 5.14. The molecule has 0 unspecified atom stereocenters. The van der Waals surface area contributed by atoms with Crippen LogP contribution in [0.3, 0.4) is 0 Å². The zero-order valence-corrected chi connectivity index (χ0v) is 9.49. The molecule has 1 aromatic heterocycles. The van der Waals surface area contributed by atoms with Gasteiger partial charge in [0.15, 0.2) is 0 Å². The summed E-state index contributed by atoms with van der Waals surface area (Å²) in [6.45, 7) is 0. The molecule has 2 rings (SSSR count). The van der Waals surface area contributed by atoms with Gasteiger partial charge in [-0.1, -0.05) is 41.4 Å². The Bertz CT molecular complexity index is 470. The van der Waals surface area contributed by atoms with Crippen LogP contribution in [0.4, 0.5) is 0 Å². The van der Waals surface area contributed by atoms with Crippen molar-refractivity contribution in [2.24, 2.45) is 0 Å². The molecule has 13 heavy (non-hydrogen) atoms. The second kappa shape index (κ2) is 3.45. The number of pyridine rings is 1. The molecular formula is C9H4BrCl2N. The highest BCUT2D eigenvalue weighted by Crippen LogP contribution is 2.34. The molecule has 1 aromatic carbocycles. The van der Waals surface area contributed by atoms with Gasteiger partial charge in [0.2, 0.25) is 0 Å². The van der Waals surface area contributed by atoms with Crippen molar-refractivity contribution in [2.45, 2.75) is 0 Å². The molecule has 66 valence electrons. The maximum absolute atomic E-state index is 6.03. The lowest BCUT2D eigenvalue weighted by atomic mass is 10.2. The molecule has 0 aliphatic carbocycles. The number of rotatable bonds is 0. The second-order valence-corrected chi connectivity index (χ2v) is 4.05. The number of hydrogen-bond acceptors (Lipinski definition) is 1. The van der Waals surface area contributed by atoms with E-state index in [0.29, 0.717) is 14.6 Å². The van der Waals surface area contributed by atoms with Gasteiger partial charge >= 0.3 is 0 Å². The van der Waals surface area contributed by atoms with Gasteiger partial charge in [-0.25, -0.2) is 4.98 Å². The molecule has 0 aliphatic heterocycles. The predicted molar refractivity (Wildman–Crippen MR) is 59.5 cm³/mol. The van der Waals surface area contributed by atoms with Gasteiger partial charge in [-0.2, -0.15) is 0 Å². The van der Waals surface area contributed by atoms with E-state index in [1.807, 2.05) is 24.3 Å². The Kier molecular flexibility index (Phi) is 2.45. The molecule has 4 heteroatoms. The molecule has 0 saturated carbocycles. The van der Waals surface area contributed by atoms with Crippen molar-refractivity contribution in [3.05, 3.63) is 38.9 Å². The van der Waals surface area contributed by atoms with Crippen LogP contribution in [0.25, 0.3) is 10.9 Å². The van der Waals surface area contributed by atoms with Gasteiger partial charge in [0, 0.05) is 5.39 Å². The number of hydrogen-bond donors (Lipinski definition) is 0. The predicted octanol–water partition coefficient (Wildman–Crippen LogP) is 4.30. The summed E-state index contributed by atoms with van der Waals surface area (Å²) in [6.07, 6.45) is 0. The van der Waals surface area contributed by atoms with Crippen LogP contribution in [0.1, 0.15) is 0 Å². The van der Waals surface area contributed by atoms with Crippen molar-refractivity contribution in [1.82, 2.24) is 4.98 Å². The van der Waals surface area contributed by atoms with Gasteiger partial charge in [-0.15, -0.1) is 0 Å². The Morgan fingerprint density at radius 3 is 2.54 bits per heavy atom. The fourth-order valence-corrected chi connectivity index (χ4v) is 2.02.